The van der Waals surface area contributed by atoms with Crippen molar-refractivity contribution < 1.29 is 19.1 Å². The van der Waals surface area contributed by atoms with E-state index < -0.39 is 0 Å². The third-order valence-corrected chi connectivity index (χ3v) is 6.57. The molecule has 3 amide bonds. The number of thiazole rings is 1. The topological polar surface area (TPSA) is 109 Å². The molecular weight excluding hydrogens is 452 g/mol. The fourth-order valence-electron chi connectivity index (χ4n) is 3.57. The second kappa shape index (κ2) is 11.0. The van der Waals surface area contributed by atoms with Gasteiger partial charge in [-0.1, -0.05) is 30.3 Å². The first kappa shape index (κ1) is 23.6. The summed E-state index contributed by atoms with van der Waals surface area (Å²) >= 11 is 1.34. The molecule has 0 bridgehead atoms. The molecule has 176 valence electrons. The van der Waals surface area contributed by atoms with Crippen LogP contribution in [-0.4, -0.2) is 48.5 Å². The number of ether oxygens (including phenoxy) is 1. The van der Waals surface area contributed by atoms with Crippen molar-refractivity contribution in [2.75, 3.05) is 25.0 Å². The lowest BCUT2D eigenvalue weighted by molar-refractivity contribution is -0.129. The molecule has 1 aliphatic rings. The van der Waals surface area contributed by atoms with Crippen LogP contribution in [0.15, 0.2) is 54.6 Å². The molecule has 1 aliphatic heterocycles. The van der Waals surface area contributed by atoms with E-state index in [9.17, 15) is 14.4 Å². The number of hydrogen-bond donors (Lipinski definition) is 3. The van der Waals surface area contributed by atoms with Crippen molar-refractivity contribution in [1.29, 1.82) is 0 Å². The van der Waals surface area contributed by atoms with Gasteiger partial charge in [0.25, 0.3) is 11.8 Å². The van der Waals surface area contributed by atoms with Crippen LogP contribution in [0.4, 0.5) is 5.69 Å². The summed E-state index contributed by atoms with van der Waals surface area (Å²) in [7, 11) is 0. The van der Waals surface area contributed by atoms with E-state index in [-0.39, 0.29) is 23.8 Å². The number of aromatic nitrogens is 1. The Labute approximate surface area is 201 Å². The lowest BCUT2D eigenvalue weighted by atomic mass is 10.2. The van der Waals surface area contributed by atoms with Gasteiger partial charge in [-0.25, -0.2) is 4.98 Å². The Balaban J connectivity index is 1.27. The minimum Gasteiger partial charge on any atom is -0.368 e. The molecule has 34 heavy (non-hydrogen) atoms. The Morgan fingerprint density at radius 3 is 2.44 bits per heavy atom. The zero-order chi connectivity index (χ0) is 23.9. The second-order valence-corrected chi connectivity index (χ2v) is 8.88. The van der Waals surface area contributed by atoms with Crippen LogP contribution >= 0.6 is 11.3 Å². The van der Waals surface area contributed by atoms with Crippen molar-refractivity contribution in [2.24, 2.45) is 0 Å². The Morgan fingerprint density at radius 2 is 1.74 bits per heavy atom. The minimum absolute atomic E-state index is 0.140. The van der Waals surface area contributed by atoms with Crippen molar-refractivity contribution in [1.82, 2.24) is 15.6 Å². The molecule has 1 unspecified atom stereocenters. The van der Waals surface area contributed by atoms with Crippen LogP contribution in [0.5, 0.6) is 0 Å². The second-order valence-electron chi connectivity index (χ2n) is 7.88. The van der Waals surface area contributed by atoms with Crippen LogP contribution in [0.1, 0.15) is 38.6 Å². The minimum atomic E-state index is -0.378. The van der Waals surface area contributed by atoms with Crippen molar-refractivity contribution in [2.45, 2.75) is 25.9 Å². The van der Waals surface area contributed by atoms with Gasteiger partial charge in [0, 0.05) is 36.5 Å². The molecule has 2 heterocycles. The highest BCUT2D eigenvalue weighted by atomic mass is 32.1. The number of carbonyl (C=O) groups is 3. The molecule has 9 heteroatoms. The first-order chi connectivity index (χ1) is 16.5. The van der Waals surface area contributed by atoms with Crippen molar-refractivity contribution in [3.8, 4) is 10.6 Å². The van der Waals surface area contributed by atoms with Crippen LogP contribution in [-0.2, 0) is 9.53 Å². The molecule has 0 spiro atoms. The number of nitrogens with zero attached hydrogens (tertiary/aromatic N) is 1. The van der Waals surface area contributed by atoms with E-state index in [0.717, 1.165) is 23.4 Å². The number of rotatable bonds is 8. The summed E-state index contributed by atoms with van der Waals surface area (Å²) in [4.78, 5) is 42.1. The first-order valence-corrected chi connectivity index (χ1v) is 11.9. The SMILES string of the molecule is Cc1nc(-c2ccccc2)sc1C(=O)Nc1ccc(C(=O)NCCNC(=O)C2CCCO2)cc1. The summed E-state index contributed by atoms with van der Waals surface area (Å²) in [6, 6.07) is 16.4. The summed E-state index contributed by atoms with van der Waals surface area (Å²) in [6.45, 7) is 3.07. The number of carbonyl (C=O) groups excluding carboxylic acids is 3. The Morgan fingerprint density at radius 1 is 1.00 bits per heavy atom. The van der Waals surface area contributed by atoms with Crippen molar-refractivity contribution >= 4 is 34.7 Å². The van der Waals surface area contributed by atoms with Crippen molar-refractivity contribution in [3.63, 3.8) is 0 Å². The summed E-state index contributed by atoms with van der Waals surface area (Å²) in [6.07, 6.45) is 1.25. The molecular formula is C25H26N4O4S. The van der Waals surface area contributed by atoms with Gasteiger partial charge < -0.3 is 20.7 Å². The number of aryl methyl sites for hydroxylation is 1. The molecule has 0 aliphatic carbocycles. The van der Waals surface area contributed by atoms with Gasteiger partial charge in [-0.15, -0.1) is 11.3 Å². The third kappa shape index (κ3) is 5.86. The predicted octanol–water partition coefficient (Wildman–Crippen LogP) is 3.40. The summed E-state index contributed by atoms with van der Waals surface area (Å²) in [5.41, 5.74) is 2.68. The van der Waals surface area contributed by atoms with Gasteiger partial charge in [-0.3, -0.25) is 14.4 Å². The van der Waals surface area contributed by atoms with Crippen LogP contribution in [0.25, 0.3) is 10.6 Å². The van der Waals surface area contributed by atoms with Crippen LogP contribution in [0.2, 0.25) is 0 Å². The standard InChI is InChI=1S/C25H26N4O4S/c1-16-21(34-25(28-16)18-6-3-2-4-7-18)24(32)29-19-11-9-17(10-12-19)22(30)26-13-14-27-23(31)20-8-5-15-33-20/h2-4,6-7,9-12,20H,5,8,13-15H2,1H3,(H,26,30)(H,27,31)(H,29,32). The fraction of sp³-hybridized carbons (Fsp3) is 0.280. The quantitative estimate of drug-likeness (QED) is 0.430. The maximum atomic E-state index is 12.8. The number of benzene rings is 2. The van der Waals surface area contributed by atoms with Crippen molar-refractivity contribution in [3.05, 3.63) is 70.7 Å². The van der Waals surface area contributed by atoms with E-state index in [2.05, 4.69) is 20.9 Å². The van der Waals surface area contributed by atoms with E-state index in [1.54, 1.807) is 24.3 Å². The van der Waals surface area contributed by atoms with E-state index in [1.807, 2.05) is 37.3 Å². The monoisotopic (exact) mass is 478 g/mol. The smallest absolute Gasteiger partial charge is 0.267 e. The zero-order valence-corrected chi connectivity index (χ0v) is 19.6. The van der Waals surface area contributed by atoms with Crippen LogP contribution in [0.3, 0.4) is 0 Å². The summed E-state index contributed by atoms with van der Waals surface area (Å²) in [5, 5.41) is 9.19. The lowest BCUT2D eigenvalue weighted by Crippen LogP contribution is -2.39. The fourth-order valence-corrected chi connectivity index (χ4v) is 4.53. The highest BCUT2D eigenvalue weighted by Gasteiger charge is 2.23. The average molecular weight is 479 g/mol. The molecule has 1 fully saturated rings. The molecule has 2 aromatic carbocycles. The van der Waals surface area contributed by atoms with E-state index in [1.165, 1.54) is 11.3 Å². The molecule has 1 aromatic heterocycles. The third-order valence-electron chi connectivity index (χ3n) is 5.36. The Bertz CT molecular complexity index is 1160. The summed E-state index contributed by atoms with van der Waals surface area (Å²) in [5.74, 6) is -0.634. The molecule has 3 aromatic rings. The van der Waals surface area contributed by atoms with Gasteiger partial charge >= 0.3 is 0 Å². The molecule has 4 rings (SSSR count). The first-order valence-electron chi connectivity index (χ1n) is 11.1. The highest BCUT2D eigenvalue weighted by Crippen LogP contribution is 2.28. The van der Waals surface area contributed by atoms with Crippen LogP contribution < -0.4 is 16.0 Å². The van der Waals surface area contributed by atoms with Crippen LogP contribution in [0, 0.1) is 6.92 Å². The van der Waals surface area contributed by atoms with Gasteiger partial charge in [-0.2, -0.15) is 0 Å². The predicted molar refractivity (Wildman–Crippen MR) is 131 cm³/mol. The maximum absolute atomic E-state index is 12.8. The molecule has 0 radical (unpaired) electrons. The average Bonchev–Trinajstić information content (AvgIpc) is 3.53. The molecule has 0 saturated carbocycles. The van der Waals surface area contributed by atoms with E-state index in [4.69, 9.17) is 4.74 Å². The Hall–Kier alpha value is -3.56. The number of hydrogen-bond acceptors (Lipinski definition) is 6. The molecule has 3 N–H and O–H groups in total. The molecule has 1 saturated heterocycles. The largest absolute Gasteiger partial charge is 0.368 e. The van der Waals surface area contributed by atoms with Gasteiger partial charge in [0.05, 0.1) is 5.69 Å². The lowest BCUT2D eigenvalue weighted by Gasteiger charge is -2.11. The number of nitrogens with one attached hydrogen (secondary N) is 3. The normalized spacial score (nSPS) is 15.0. The van der Waals surface area contributed by atoms with Gasteiger partial charge in [0.1, 0.15) is 16.0 Å². The molecule has 1 atom stereocenters. The highest BCUT2D eigenvalue weighted by molar-refractivity contribution is 7.17. The zero-order valence-electron chi connectivity index (χ0n) is 18.8. The van der Waals surface area contributed by atoms with Gasteiger partial charge in [-0.05, 0) is 44.0 Å². The number of amides is 3. The summed E-state index contributed by atoms with van der Waals surface area (Å²) < 4.78 is 5.32. The van der Waals surface area contributed by atoms with E-state index in [0.29, 0.717) is 41.5 Å². The molecule has 8 nitrogen and oxygen atoms in total. The Kier molecular flexibility index (Phi) is 7.66. The van der Waals surface area contributed by atoms with Gasteiger partial charge in [0.2, 0.25) is 5.91 Å². The maximum Gasteiger partial charge on any atom is 0.267 e. The number of anilines is 1. The van der Waals surface area contributed by atoms with Gasteiger partial charge in [0.15, 0.2) is 0 Å². The van der Waals surface area contributed by atoms with E-state index >= 15 is 0 Å².